The molecular formula is C18H25N3O2. The van der Waals surface area contributed by atoms with Gasteiger partial charge >= 0.3 is 0 Å². The van der Waals surface area contributed by atoms with Crippen molar-refractivity contribution < 1.29 is 9.53 Å². The summed E-state index contributed by atoms with van der Waals surface area (Å²) in [7, 11) is 3.68. The smallest absolute Gasteiger partial charge is 0.260 e. The van der Waals surface area contributed by atoms with Crippen molar-refractivity contribution in [3.63, 3.8) is 0 Å². The van der Waals surface area contributed by atoms with Crippen LogP contribution in [0.3, 0.4) is 0 Å². The lowest BCUT2D eigenvalue weighted by atomic mass is 10.0. The Bertz CT molecular complexity index is 677. The van der Waals surface area contributed by atoms with Crippen molar-refractivity contribution in [3.05, 3.63) is 47.5 Å². The van der Waals surface area contributed by atoms with E-state index in [-0.39, 0.29) is 12.5 Å². The number of likely N-dealkylation sites (N-methyl/N-ethyl adjacent to an activating group) is 1. The number of aryl methyl sites for hydroxylation is 2. The molecule has 0 aliphatic carbocycles. The molecule has 1 aromatic heterocycles. The molecule has 0 fully saturated rings. The van der Waals surface area contributed by atoms with E-state index in [1.807, 2.05) is 30.8 Å². The highest BCUT2D eigenvalue weighted by atomic mass is 16.5. The van der Waals surface area contributed by atoms with Gasteiger partial charge in [-0.05, 0) is 30.0 Å². The van der Waals surface area contributed by atoms with E-state index in [9.17, 15) is 4.79 Å². The van der Waals surface area contributed by atoms with Crippen molar-refractivity contribution in [1.82, 2.24) is 14.5 Å². The Kier molecular flexibility index (Phi) is 5.42. The molecule has 1 heterocycles. The van der Waals surface area contributed by atoms with E-state index in [4.69, 9.17) is 4.74 Å². The van der Waals surface area contributed by atoms with Crippen molar-refractivity contribution in [2.24, 2.45) is 7.05 Å². The van der Waals surface area contributed by atoms with Crippen LogP contribution in [0.1, 0.15) is 36.7 Å². The van der Waals surface area contributed by atoms with Gasteiger partial charge in [0.05, 0.1) is 6.54 Å². The van der Waals surface area contributed by atoms with Crippen LogP contribution in [-0.2, 0) is 18.4 Å². The fourth-order valence-corrected chi connectivity index (χ4v) is 2.34. The van der Waals surface area contributed by atoms with Gasteiger partial charge in [-0.15, -0.1) is 0 Å². The van der Waals surface area contributed by atoms with Crippen LogP contribution in [-0.4, -0.2) is 34.0 Å². The molecule has 23 heavy (non-hydrogen) atoms. The maximum atomic E-state index is 12.3. The summed E-state index contributed by atoms with van der Waals surface area (Å²) in [5.74, 6) is 1.92. The minimum atomic E-state index is -0.0655. The molecule has 1 amide bonds. The number of nitrogens with zero attached hydrogens (tertiary/aromatic N) is 3. The van der Waals surface area contributed by atoms with Crippen LogP contribution < -0.4 is 4.74 Å². The highest BCUT2D eigenvalue weighted by Gasteiger charge is 2.14. The van der Waals surface area contributed by atoms with E-state index in [0.29, 0.717) is 12.5 Å². The lowest BCUT2D eigenvalue weighted by molar-refractivity contribution is -0.132. The zero-order chi connectivity index (χ0) is 17.0. The van der Waals surface area contributed by atoms with E-state index >= 15 is 0 Å². The molecule has 0 saturated heterocycles. The number of aromatic nitrogens is 2. The van der Waals surface area contributed by atoms with Gasteiger partial charge in [-0.3, -0.25) is 4.79 Å². The molecular weight excluding hydrogens is 290 g/mol. The summed E-state index contributed by atoms with van der Waals surface area (Å²) in [6.07, 6.45) is 3.59. The topological polar surface area (TPSA) is 47.4 Å². The third-order valence-electron chi connectivity index (χ3n) is 3.87. The van der Waals surface area contributed by atoms with E-state index in [2.05, 4.69) is 31.0 Å². The van der Waals surface area contributed by atoms with Crippen LogP contribution in [0.5, 0.6) is 5.75 Å². The second-order valence-corrected chi connectivity index (χ2v) is 6.19. The zero-order valence-corrected chi connectivity index (χ0v) is 14.5. The van der Waals surface area contributed by atoms with Gasteiger partial charge in [-0.2, -0.15) is 0 Å². The Morgan fingerprint density at radius 1 is 1.39 bits per heavy atom. The molecule has 0 atom stereocenters. The Hall–Kier alpha value is -2.30. The molecule has 1 aromatic carbocycles. The second kappa shape index (κ2) is 7.31. The number of amides is 1. The summed E-state index contributed by atoms with van der Waals surface area (Å²) in [6, 6.07) is 6.12. The lowest BCUT2D eigenvalue weighted by Gasteiger charge is -2.19. The average molecular weight is 315 g/mol. The first-order valence-corrected chi connectivity index (χ1v) is 7.82. The van der Waals surface area contributed by atoms with Crippen molar-refractivity contribution in [2.75, 3.05) is 13.7 Å². The summed E-state index contributed by atoms with van der Waals surface area (Å²) < 4.78 is 7.70. The SMILES string of the molecule is Cc1ccc(C(C)C)c(OCC(=O)N(C)Cc2nccn2C)c1. The first-order valence-electron chi connectivity index (χ1n) is 7.82. The Balaban J connectivity index is 1.99. The summed E-state index contributed by atoms with van der Waals surface area (Å²) in [4.78, 5) is 18.1. The molecule has 0 aliphatic rings. The van der Waals surface area contributed by atoms with Crippen LogP contribution >= 0.6 is 0 Å². The molecule has 124 valence electrons. The van der Waals surface area contributed by atoms with E-state index in [0.717, 1.165) is 22.7 Å². The van der Waals surface area contributed by atoms with Gasteiger partial charge in [0, 0.05) is 26.5 Å². The van der Waals surface area contributed by atoms with Crippen LogP contribution in [0.15, 0.2) is 30.6 Å². The highest BCUT2D eigenvalue weighted by Crippen LogP contribution is 2.27. The molecule has 0 unspecified atom stereocenters. The standard InChI is InChI=1S/C18H25N3O2/c1-13(2)15-7-6-14(3)10-16(15)23-12-18(22)21(5)11-17-19-8-9-20(17)4/h6-10,13H,11-12H2,1-5H3. The average Bonchev–Trinajstić information content (AvgIpc) is 2.89. The fraction of sp³-hybridized carbons (Fsp3) is 0.444. The number of benzene rings is 1. The fourth-order valence-electron chi connectivity index (χ4n) is 2.34. The van der Waals surface area contributed by atoms with Crippen molar-refractivity contribution in [1.29, 1.82) is 0 Å². The predicted molar refractivity (Wildman–Crippen MR) is 90.4 cm³/mol. The maximum Gasteiger partial charge on any atom is 0.260 e. The molecule has 2 aromatic rings. The van der Waals surface area contributed by atoms with E-state index < -0.39 is 0 Å². The summed E-state index contributed by atoms with van der Waals surface area (Å²) >= 11 is 0. The number of hydrogen-bond donors (Lipinski definition) is 0. The number of ether oxygens (including phenoxy) is 1. The number of rotatable bonds is 6. The molecule has 0 bridgehead atoms. The summed E-state index contributed by atoms with van der Waals surface area (Å²) in [6.45, 7) is 6.76. The Labute approximate surface area is 137 Å². The number of carbonyl (C=O) groups excluding carboxylic acids is 1. The maximum absolute atomic E-state index is 12.3. The minimum Gasteiger partial charge on any atom is -0.483 e. The molecule has 0 N–H and O–H groups in total. The van der Waals surface area contributed by atoms with E-state index in [1.54, 1.807) is 18.1 Å². The second-order valence-electron chi connectivity index (χ2n) is 6.19. The van der Waals surface area contributed by atoms with Crippen molar-refractivity contribution >= 4 is 5.91 Å². The largest absolute Gasteiger partial charge is 0.483 e. The van der Waals surface area contributed by atoms with Crippen molar-refractivity contribution in [3.8, 4) is 5.75 Å². The van der Waals surface area contributed by atoms with Crippen molar-refractivity contribution in [2.45, 2.75) is 33.2 Å². The Morgan fingerprint density at radius 2 is 2.13 bits per heavy atom. The minimum absolute atomic E-state index is 0.0318. The van der Waals surface area contributed by atoms with Gasteiger partial charge in [0.15, 0.2) is 6.61 Å². The predicted octanol–water partition coefficient (Wildman–Crippen LogP) is 2.89. The summed E-state index contributed by atoms with van der Waals surface area (Å²) in [5, 5.41) is 0. The van der Waals surface area contributed by atoms with Crippen LogP contribution in [0.25, 0.3) is 0 Å². The van der Waals surface area contributed by atoms with Gasteiger partial charge in [0.25, 0.3) is 5.91 Å². The van der Waals surface area contributed by atoms with Gasteiger partial charge in [-0.25, -0.2) is 4.98 Å². The molecule has 0 radical (unpaired) electrons. The quantitative estimate of drug-likeness (QED) is 0.823. The van der Waals surface area contributed by atoms with Gasteiger partial charge in [-0.1, -0.05) is 26.0 Å². The number of hydrogen-bond acceptors (Lipinski definition) is 3. The monoisotopic (exact) mass is 315 g/mol. The Morgan fingerprint density at radius 3 is 2.74 bits per heavy atom. The molecule has 5 heteroatoms. The lowest BCUT2D eigenvalue weighted by Crippen LogP contribution is -2.32. The molecule has 0 saturated carbocycles. The van der Waals surface area contributed by atoms with Crippen LogP contribution in [0.4, 0.5) is 0 Å². The first-order chi connectivity index (χ1) is 10.9. The molecule has 0 aliphatic heterocycles. The summed E-state index contributed by atoms with van der Waals surface area (Å²) in [5.41, 5.74) is 2.24. The molecule has 0 spiro atoms. The third kappa shape index (κ3) is 4.34. The van der Waals surface area contributed by atoms with Gasteiger partial charge < -0.3 is 14.2 Å². The van der Waals surface area contributed by atoms with Gasteiger partial charge in [0.1, 0.15) is 11.6 Å². The first kappa shape index (κ1) is 17.1. The van der Waals surface area contributed by atoms with E-state index in [1.165, 1.54) is 0 Å². The number of carbonyl (C=O) groups is 1. The molecule has 5 nitrogen and oxygen atoms in total. The van der Waals surface area contributed by atoms with Crippen LogP contribution in [0, 0.1) is 6.92 Å². The van der Waals surface area contributed by atoms with Gasteiger partial charge in [0.2, 0.25) is 0 Å². The molecule has 2 rings (SSSR count). The van der Waals surface area contributed by atoms with Crippen LogP contribution in [0.2, 0.25) is 0 Å². The zero-order valence-electron chi connectivity index (χ0n) is 14.5. The normalized spacial score (nSPS) is 10.9. The highest BCUT2D eigenvalue weighted by molar-refractivity contribution is 5.77. The third-order valence-corrected chi connectivity index (χ3v) is 3.87. The number of imidazole rings is 1.